The van der Waals surface area contributed by atoms with Crippen LogP contribution in [0.25, 0.3) is 0 Å². The number of ether oxygens (including phenoxy) is 1. The molecule has 1 aliphatic rings. The molecule has 1 aliphatic heterocycles. The Kier molecular flexibility index (Phi) is 5.28. The van der Waals surface area contributed by atoms with Crippen molar-refractivity contribution in [2.45, 2.75) is 13.6 Å². The van der Waals surface area contributed by atoms with Crippen molar-refractivity contribution in [2.75, 3.05) is 32.8 Å². The molecular formula is C14H18N8O5. The quantitative estimate of drug-likeness (QED) is 0.514. The van der Waals surface area contributed by atoms with Gasteiger partial charge in [-0.2, -0.15) is 9.78 Å². The zero-order valence-corrected chi connectivity index (χ0v) is 14.6. The summed E-state index contributed by atoms with van der Waals surface area (Å²) < 4.78 is 7.63. The Hall–Kier alpha value is -3.51. The van der Waals surface area contributed by atoms with E-state index in [9.17, 15) is 19.7 Å². The van der Waals surface area contributed by atoms with Crippen LogP contribution in [0.5, 0.6) is 0 Å². The van der Waals surface area contributed by atoms with Crippen LogP contribution in [0.3, 0.4) is 0 Å². The second-order valence-corrected chi connectivity index (χ2v) is 5.70. The largest absolute Gasteiger partial charge is 0.491 e. The van der Waals surface area contributed by atoms with E-state index >= 15 is 0 Å². The van der Waals surface area contributed by atoms with Crippen molar-refractivity contribution < 1.29 is 19.2 Å². The monoisotopic (exact) mass is 378 g/mol. The Labute approximate surface area is 153 Å². The molecule has 0 unspecified atom stereocenters. The van der Waals surface area contributed by atoms with E-state index in [4.69, 9.17) is 4.74 Å². The van der Waals surface area contributed by atoms with Crippen molar-refractivity contribution in [1.29, 1.82) is 0 Å². The summed E-state index contributed by atoms with van der Waals surface area (Å²) in [5.41, 5.74) is 0.245. The third-order valence-corrected chi connectivity index (χ3v) is 3.93. The number of hydrogen-bond donors (Lipinski definition) is 0. The molecule has 2 aromatic heterocycles. The van der Waals surface area contributed by atoms with Crippen LogP contribution in [-0.4, -0.2) is 84.1 Å². The predicted octanol–water partition coefficient (Wildman–Crippen LogP) is -0.197. The molecule has 1 fully saturated rings. The van der Waals surface area contributed by atoms with Gasteiger partial charge in [-0.25, -0.2) is 9.48 Å². The lowest BCUT2D eigenvalue weighted by molar-refractivity contribution is -0.394. The fourth-order valence-corrected chi connectivity index (χ4v) is 2.61. The maximum atomic E-state index is 12.6. The number of carbonyl (C=O) groups is 2. The highest BCUT2D eigenvalue weighted by Crippen LogP contribution is 2.09. The summed E-state index contributed by atoms with van der Waals surface area (Å²) in [6, 6.07) is 1.56. The van der Waals surface area contributed by atoms with Gasteiger partial charge in [0.15, 0.2) is 6.67 Å². The molecule has 0 aliphatic carbocycles. The van der Waals surface area contributed by atoms with Gasteiger partial charge in [0.1, 0.15) is 5.69 Å². The van der Waals surface area contributed by atoms with Gasteiger partial charge in [-0.1, -0.05) is 4.98 Å². The normalized spacial score (nSPS) is 14.3. The minimum absolute atomic E-state index is 0.0881. The van der Waals surface area contributed by atoms with Crippen LogP contribution < -0.4 is 0 Å². The molecule has 2 amide bonds. The topological polar surface area (TPSA) is 142 Å². The van der Waals surface area contributed by atoms with Crippen LogP contribution in [0.1, 0.15) is 17.4 Å². The first kappa shape index (κ1) is 18.3. The number of nitro groups is 1. The van der Waals surface area contributed by atoms with Crippen molar-refractivity contribution in [2.24, 2.45) is 0 Å². The average molecular weight is 378 g/mol. The van der Waals surface area contributed by atoms with Gasteiger partial charge in [0.05, 0.1) is 6.61 Å². The highest BCUT2D eigenvalue weighted by atomic mass is 16.6. The molecule has 3 rings (SSSR count). The van der Waals surface area contributed by atoms with Crippen molar-refractivity contribution >= 4 is 17.9 Å². The number of aromatic nitrogens is 5. The molecular weight excluding hydrogens is 360 g/mol. The summed E-state index contributed by atoms with van der Waals surface area (Å²) in [6.45, 7) is 3.71. The van der Waals surface area contributed by atoms with Crippen LogP contribution in [-0.2, 0) is 11.4 Å². The molecule has 0 saturated carbocycles. The molecule has 0 bridgehead atoms. The van der Waals surface area contributed by atoms with Crippen molar-refractivity contribution in [3.05, 3.63) is 34.4 Å². The van der Waals surface area contributed by atoms with E-state index in [0.29, 0.717) is 32.8 Å². The van der Waals surface area contributed by atoms with Crippen LogP contribution in [0.2, 0.25) is 0 Å². The molecule has 1 saturated heterocycles. The third kappa shape index (κ3) is 4.19. The number of amides is 2. The van der Waals surface area contributed by atoms with Crippen LogP contribution in [0, 0.1) is 10.1 Å². The van der Waals surface area contributed by atoms with Crippen LogP contribution >= 0.6 is 0 Å². The Balaban J connectivity index is 1.57. The standard InChI is InChI=1S/C14H18N8O5/c1-2-27-14(24)19-7-5-18(6-8-19)12(23)11-3-4-20(16-11)10-21-9-15-13(17-21)22(25)26/h3-4,9H,2,5-8,10H2,1H3. The molecule has 27 heavy (non-hydrogen) atoms. The van der Waals surface area contributed by atoms with Gasteiger partial charge >= 0.3 is 12.0 Å². The lowest BCUT2D eigenvalue weighted by Gasteiger charge is -2.33. The minimum Gasteiger partial charge on any atom is -0.450 e. The average Bonchev–Trinajstić information content (AvgIpc) is 3.32. The van der Waals surface area contributed by atoms with Crippen molar-refractivity contribution in [3.8, 4) is 0 Å². The number of hydrogen-bond acceptors (Lipinski definition) is 8. The summed E-state index contributed by atoms with van der Waals surface area (Å²) >= 11 is 0. The molecule has 0 atom stereocenters. The van der Waals surface area contributed by atoms with E-state index < -0.39 is 10.9 Å². The first-order valence-electron chi connectivity index (χ1n) is 8.26. The molecule has 0 radical (unpaired) electrons. The van der Waals surface area contributed by atoms with Gasteiger partial charge in [-0.15, -0.1) is 0 Å². The molecule has 0 spiro atoms. The first-order valence-corrected chi connectivity index (χ1v) is 8.26. The number of piperazine rings is 1. The van der Waals surface area contributed by atoms with Gasteiger partial charge in [0.25, 0.3) is 5.91 Å². The Morgan fingerprint density at radius 2 is 1.89 bits per heavy atom. The lowest BCUT2D eigenvalue weighted by atomic mass is 10.3. The lowest BCUT2D eigenvalue weighted by Crippen LogP contribution is -2.50. The summed E-state index contributed by atoms with van der Waals surface area (Å²) in [5.74, 6) is -0.750. The van der Waals surface area contributed by atoms with E-state index in [1.54, 1.807) is 29.0 Å². The molecule has 0 N–H and O–H groups in total. The summed E-state index contributed by atoms with van der Waals surface area (Å²) in [5, 5.41) is 18.5. The molecule has 144 valence electrons. The number of rotatable bonds is 5. The number of carbonyl (C=O) groups excluding carboxylic acids is 2. The Bertz CT molecular complexity index is 838. The summed E-state index contributed by atoms with van der Waals surface area (Å²) in [4.78, 5) is 40.9. The zero-order valence-electron chi connectivity index (χ0n) is 14.6. The fourth-order valence-electron chi connectivity index (χ4n) is 2.61. The van der Waals surface area contributed by atoms with Crippen LogP contribution in [0.15, 0.2) is 18.6 Å². The predicted molar refractivity (Wildman–Crippen MR) is 88.8 cm³/mol. The molecule has 0 aromatic carbocycles. The highest BCUT2D eigenvalue weighted by molar-refractivity contribution is 5.92. The minimum atomic E-state index is -0.690. The van der Waals surface area contributed by atoms with Gasteiger partial charge in [-0.3, -0.25) is 4.79 Å². The van der Waals surface area contributed by atoms with Crippen molar-refractivity contribution in [3.63, 3.8) is 0 Å². The second kappa shape index (κ2) is 7.80. The van der Waals surface area contributed by atoms with Gasteiger partial charge in [0.2, 0.25) is 6.33 Å². The van der Waals surface area contributed by atoms with E-state index in [2.05, 4.69) is 15.2 Å². The summed E-state index contributed by atoms with van der Waals surface area (Å²) in [7, 11) is 0. The molecule has 2 aromatic rings. The van der Waals surface area contributed by atoms with Gasteiger partial charge in [-0.05, 0) is 17.9 Å². The first-order chi connectivity index (χ1) is 13.0. The van der Waals surface area contributed by atoms with Crippen LogP contribution in [0.4, 0.5) is 10.7 Å². The smallest absolute Gasteiger partial charge is 0.450 e. The molecule has 13 nitrogen and oxygen atoms in total. The summed E-state index contributed by atoms with van der Waals surface area (Å²) in [6.07, 6.45) is 2.42. The van der Waals surface area contributed by atoms with E-state index in [0.717, 1.165) is 0 Å². The molecule has 3 heterocycles. The second-order valence-electron chi connectivity index (χ2n) is 5.70. The SMILES string of the molecule is CCOC(=O)N1CCN(C(=O)c2ccn(Cn3cnc([N+](=O)[O-])n3)n2)CC1. The maximum absolute atomic E-state index is 12.6. The Morgan fingerprint density at radius 1 is 1.19 bits per heavy atom. The number of nitrogens with zero attached hydrogens (tertiary/aromatic N) is 8. The van der Waals surface area contributed by atoms with E-state index in [1.165, 1.54) is 15.7 Å². The van der Waals surface area contributed by atoms with E-state index in [-0.39, 0.29) is 24.4 Å². The maximum Gasteiger partial charge on any atom is 0.491 e. The third-order valence-electron chi connectivity index (χ3n) is 3.93. The van der Waals surface area contributed by atoms with Gasteiger partial charge < -0.3 is 24.7 Å². The Morgan fingerprint density at radius 3 is 2.52 bits per heavy atom. The van der Waals surface area contributed by atoms with E-state index in [1.807, 2.05) is 0 Å². The van der Waals surface area contributed by atoms with Gasteiger partial charge in [0, 0.05) is 37.5 Å². The van der Waals surface area contributed by atoms with Crippen molar-refractivity contribution in [1.82, 2.24) is 34.3 Å². The highest BCUT2D eigenvalue weighted by Gasteiger charge is 2.26. The molecule has 13 heteroatoms. The fraction of sp³-hybridized carbons (Fsp3) is 0.500. The zero-order chi connectivity index (χ0) is 19.4.